The molecule has 1 saturated heterocycles. The van der Waals surface area contributed by atoms with Gasteiger partial charge >= 0.3 is 0 Å². The molecule has 0 aromatic carbocycles. The summed E-state index contributed by atoms with van der Waals surface area (Å²) in [5.41, 5.74) is 1.27. The van der Waals surface area contributed by atoms with Crippen LogP contribution in [-0.4, -0.2) is 34.6 Å². The molecule has 2 atom stereocenters. The van der Waals surface area contributed by atoms with Gasteiger partial charge in [-0.1, -0.05) is 18.5 Å². The van der Waals surface area contributed by atoms with Crippen molar-refractivity contribution in [1.82, 2.24) is 14.5 Å². The lowest BCUT2D eigenvalue weighted by molar-refractivity contribution is 0.389. The molecule has 3 rings (SSSR count). The lowest BCUT2D eigenvalue weighted by Crippen LogP contribution is -2.21. The molecule has 1 aromatic rings. The van der Waals surface area contributed by atoms with Crippen LogP contribution in [0.3, 0.4) is 0 Å². The Morgan fingerprint density at radius 1 is 1.29 bits per heavy atom. The minimum atomic E-state index is 0.583. The van der Waals surface area contributed by atoms with E-state index in [0.29, 0.717) is 5.92 Å². The fourth-order valence-electron chi connectivity index (χ4n) is 3.16. The minimum Gasteiger partial charge on any atom is -0.330 e. The number of imidazole rings is 1. The second kappa shape index (κ2) is 4.29. The Morgan fingerprint density at radius 2 is 2.12 bits per heavy atom. The Balaban J connectivity index is 1.93. The Kier molecular flexibility index (Phi) is 2.91. The summed E-state index contributed by atoms with van der Waals surface area (Å²) in [6.07, 6.45) is 3.57. The van der Waals surface area contributed by atoms with E-state index in [4.69, 9.17) is 11.6 Å². The SMILES string of the molecule is CC1CCn2c(C3CCN(C)C3)nc(Cl)c2C1. The molecule has 0 amide bonds. The molecular formula is C13H20ClN3. The summed E-state index contributed by atoms with van der Waals surface area (Å²) in [7, 11) is 2.18. The molecule has 1 fully saturated rings. The number of hydrogen-bond donors (Lipinski definition) is 0. The predicted molar refractivity (Wildman–Crippen MR) is 69.6 cm³/mol. The van der Waals surface area contributed by atoms with Gasteiger partial charge in [-0.3, -0.25) is 0 Å². The molecule has 2 unspecified atom stereocenters. The lowest BCUT2D eigenvalue weighted by atomic mass is 9.98. The second-order valence-electron chi connectivity index (χ2n) is 5.70. The second-order valence-corrected chi connectivity index (χ2v) is 6.06. The van der Waals surface area contributed by atoms with E-state index in [0.717, 1.165) is 30.6 Å². The van der Waals surface area contributed by atoms with Crippen molar-refractivity contribution in [2.45, 2.75) is 38.6 Å². The Hall–Kier alpha value is -0.540. The average Bonchev–Trinajstić information content (AvgIpc) is 2.84. The van der Waals surface area contributed by atoms with E-state index in [1.54, 1.807) is 0 Å². The third-order valence-electron chi connectivity index (χ3n) is 4.20. The number of rotatable bonds is 1. The Morgan fingerprint density at radius 3 is 2.82 bits per heavy atom. The maximum Gasteiger partial charge on any atom is 0.150 e. The van der Waals surface area contributed by atoms with Crippen molar-refractivity contribution >= 4 is 11.6 Å². The predicted octanol–water partition coefficient (Wildman–Crippen LogP) is 2.54. The van der Waals surface area contributed by atoms with E-state index >= 15 is 0 Å². The van der Waals surface area contributed by atoms with Gasteiger partial charge in [0.25, 0.3) is 0 Å². The number of aromatic nitrogens is 2. The number of likely N-dealkylation sites (tertiary alicyclic amines) is 1. The minimum absolute atomic E-state index is 0.583. The first-order valence-corrected chi connectivity index (χ1v) is 6.96. The van der Waals surface area contributed by atoms with Gasteiger partial charge in [0.1, 0.15) is 5.82 Å². The van der Waals surface area contributed by atoms with E-state index in [2.05, 4.69) is 28.4 Å². The van der Waals surface area contributed by atoms with Crippen molar-refractivity contribution in [2.24, 2.45) is 5.92 Å². The van der Waals surface area contributed by atoms with Gasteiger partial charge in [-0.2, -0.15) is 0 Å². The van der Waals surface area contributed by atoms with Crippen molar-refractivity contribution in [2.75, 3.05) is 20.1 Å². The quantitative estimate of drug-likeness (QED) is 0.767. The van der Waals surface area contributed by atoms with Crippen molar-refractivity contribution in [1.29, 1.82) is 0 Å². The van der Waals surface area contributed by atoms with Crippen LogP contribution in [0.1, 0.15) is 37.2 Å². The molecule has 0 aliphatic carbocycles. The topological polar surface area (TPSA) is 21.1 Å². The van der Waals surface area contributed by atoms with Gasteiger partial charge in [0.15, 0.2) is 5.15 Å². The maximum absolute atomic E-state index is 6.30. The third kappa shape index (κ3) is 2.00. The highest BCUT2D eigenvalue weighted by Crippen LogP contribution is 2.33. The first-order valence-electron chi connectivity index (χ1n) is 6.58. The van der Waals surface area contributed by atoms with Crippen LogP contribution in [0, 0.1) is 5.92 Å². The molecule has 0 radical (unpaired) electrons. The van der Waals surface area contributed by atoms with Crippen LogP contribution in [0.2, 0.25) is 5.15 Å². The normalized spacial score (nSPS) is 29.6. The van der Waals surface area contributed by atoms with E-state index in [1.807, 2.05) is 0 Å². The number of hydrogen-bond acceptors (Lipinski definition) is 2. The van der Waals surface area contributed by atoms with Crippen LogP contribution in [0.4, 0.5) is 0 Å². The van der Waals surface area contributed by atoms with Crippen LogP contribution in [-0.2, 0) is 13.0 Å². The fraction of sp³-hybridized carbons (Fsp3) is 0.769. The zero-order chi connectivity index (χ0) is 12.0. The van der Waals surface area contributed by atoms with Crippen LogP contribution in [0.15, 0.2) is 0 Å². The summed E-state index contributed by atoms with van der Waals surface area (Å²) in [4.78, 5) is 7.03. The fourth-order valence-corrected chi connectivity index (χ4v) is 3.42. The summed E-state index contributed by atoms with van der Waals surface area (Å²) >= 11 is 6.30. The molecule has 1 aromatic heterocycles. The van der Waals surface area contributed by atoms with Gasteiger partial charge in [-0.05, 0) is 38.8 Å². The Labute approximate surface area is 108 Å². The van der Waals surface area contributed by atoms with E-state index < -0.39 is 0 Å². The Bertz CT molecular complexity index is 427. The number of halogens is 1. The highest BCUT2D eigenvalue weighted by Gasteiger charge is 2.30. The van der Waals surface area contributed by atoms with Crippen molar-refractivity contribution < 1.29 is 0 Å². The van der Waals surface area contributed by atoms with Gasteiger partial charge in [0.2, 0.25) is 0 Å². The molecular weight excluding hydrogens is 234 g/mol. The van der Waals surface area contributed by atoms with Gasteiger partial charge in [0.05, 0.1) is 5.69 Å². The van der Waals surface area contributed by atoms with Gasteiger partial charge in [-0.15, -0.1) is 0 Å². The molecule has 0 saturated carbocycles. The average molecular weight is 254 g/mol. The lowest BCUT2D eigenvalue weighted by Gasteiger charge is -2.23. The zero-order valence-corrected chi connectivity index (χ0v) is 11.4. The summed E-state index contributed by atoms with van der Waals surface area (Å²) in [5, 5.41) is 0.751. The van der Waals surface area contributed by atoms with Gasteiger partial charge in [-0.25, -0.2) is 4.98 Å². The largest absolute Gasteiger partial charge is 0.330 e. The summed E-state index contributed by atoms with van der Waals surface area (Å²) in [6, 6.07) is 0. The molecule has 4 heteroatoms. The van der Waals surface area contributed by atoms with E-state index in [-0.39, 0.29) is 0 Å². The molecule has 0 spiro atoms. The summed E-state index contributed by atoms with van der Waals surface area (Å²) < 4.78 is 2.40. The monoisotopic (exact) mass is 253 g/mol. The van der Waals surface area contributed by atoms with Crippen LogP contribution < -0.4 is 0 Å². The van der Waals surface area contributed by atoms with Crippen molar-refractivity contribution in [3.05, 3.63) is 16.7 Å². The smallest absolute Gasteiger partial charge is 0.150 e. The first-order chi connectivity index (χ1) is 8.15. The van der Waals surface area contributed by atoms with Crippen LogP contribution in [0.5, 0.6) is 0 Å². The first kappa shape index (κ1) is 11.5. The summed E-state index contributed by atoms with van der Waals surface area (Å²) in [5.74, 6) is 2.57. The zero-order valence-electron chi connectivity index (χ0n) is 10.6. The van der Waals surface area contributed by atoms with E-state index in [1.165, 1.54) is 30.9 Å². The van der Waals surface area contributed by atoms with Crippen LogP contribution in [0.25, 0.3) is 0 Å². The van der Waals surface area contributed by atoms with Gasteiger partial charge < -0.3 is 9.47 Å². The highest BCUT2D eigenvalue weighted by molar-refractivity contribution is 6.30. The molecule has 2 aliphatic rings. The molecule has 0 N–H and O–H groups in total. The van der Waals surface area contributed by atoms with Gasteiger partial charge in [0, 0.05) is 19.0 Å². The molecule has 3 heterocycles. The third-order valence-corrected chi connectivity index (χ3v) is 4.50. The molecule has 17 heavy (non-hydrogen) atoms. The number of likely N-dealkylation sites (N-methyl/N-ethyl adjacent to an activating group) is 1. The molecule has 94 valence electrons. The molecule has 3 nitrogen and oxygen atoms in total. The van der Waals surface area contributed by atoms with E-state index in [9.17, 15) is 0 Å². The van der Waals surface area contributed by atoms with Crippen LogP contribution >= 0.6 is 11.6 Å². The van der Waals surface area contributed by atoms with Crippen molar-refractivity contribution in [3.63, 3.8) is 0 Å². The maximum atomic E-state index is 6.30. The van der Waals surface area contributed by atoms with Crippen molar-refractivity contribution in [3.8, 4) is 0 Å². The number of fused-ring (bicyclic) bond motifs is 1. The molecule has 0 bridgehead atoms. The number of nitrogens with zero attached hydrogens (tertiary/aromatic N) is 3. The summed E-state index contributed by atoms with van der Waals surface area (Å²) in [6.45, 7) is 5.71. The highest BCUT2D eigenvalue weighted by atomic mass is 35.5. The standard InChI is InChI=1S/C13H20ClN3/c1-9-3-6-17-11(7-9)12(14)15-13(17)10-4-5-16(2)8-10/h9-10H,3-8H2,1-2H3. The molecule has 2 aliphatic heterocycles.